The maximum absolute atomic E-state index is 11.8. The average Bonchev–Trinajstić information content (AvgIpc) is 3.04. The van der Waals surface area contributed by atoms with Crippen LogP contribution in [0, 0.1) is 17.2 Å². The zero-order valence-electron chi connectivity index (χ0n) is 13.5. The van der Waals surface area contributed by atoms with Gasteiger partial charge in [-0.25, -0.2) is 0 Å². The van der Waals surface area contributed by atoms with Crippen LogP contribution in [0.15, 0.2) is 18.2 Å². The largest absolute Gasteiger partial charge is 0.382 e. The number of anilines is 1. The van der Waals surface area contributed by atoms with Gasteiger partial charge in [-0.1, -0.05) is 12.8 Å². The molecule has 0 aliphatic heterocycles. The molecule has 1 fully saturated rings. The fourth-order valence-electron chi connectivity index (χ4n) is 2.95. The van der Waals surface area contributed by atoms with Crippen molar-refractivity contribution in [3.05, 3.63) is 29.3 Å². The van der Waals surface area contributed by atoms with Gasteiger partial charge >= 0.3 is 0 Å². The van der Waals surface area contributed by atoms with Crippen molar-refractivity contribution in [2.45, 2.75) is 39.0 Å². The SMILES string of the molecule is CC(=O)c1ccc(C#N)c(NCCNC(=O)CC2CCCC2)c1. The van der Waals surface area contributed by atoms with Gasteiger partial charge in [-0.2, -0.15) is 5.26 Å². The second-order valence-electron chi connectivity index (χ2n) is 6.06. The lowest BCUT2D eigenvalue weighted by atomic mass is 10.0. The molecule has 0 unspecified atom stereocenters. The molecule has 0 radical (unpaired) electrons. The molecule has 2 rings (SSSR count). The molecule has 0 heterocycles. The number of nitriles is 1. The van der Waals surface area contributed by atoms with Gasteiger partial charge in [-0.15, -0.1) is 0 Å². The van der Waals surface area contributed by atoms with Gasteiger partial charge in [0.2, 0.25) is 5.91 Å². The lowest BCUT2D eigenvalue weighted by Crippen LogP contribution is -2.30. The number of nitrogens with zero attached hydrogens (tertiary/aromatic N) is 1. The Morgan fingerprint density at radius 1 is 1.26 bits per heavy atom. The number of nitrogens with one attached hydrogen (secondary N) is 2. The smallest absolute Gasteiger partial charge is 0.220 e. The van der Waals surface area contributed by atoms with Gasteiger partial charge < -0.3 is 10.6 Å². The van der Waals surface area contributed by atoms with Crippen molar-refractivity contribution >= 4 is 17.4 Å². The van der Waals surface area contributed by atoms with Crippen molar-refractivity contribution in [2.75, 3.05) is 18.4 Å². The van der Waals surface area contributed by atoms with Crippen molar-refractivity contribution < 1.29 is 9.59 Å². The van der Waals surface area contributed by atoms with E-state index in [0.29, 0.717) is 42.2 Å². The van der Waals surface area contributed by atoms with Crippen molar-refractivity contribution in [3.63, 3.8) is 0 Å². The minimum Gasteiger partial charge on any atom is -0.382 e. The molecule has 0 spiro atoms. The predicted octanol–water partition coefficient (Wildman–Crippen LogP) is 2.87. The highest BCUT2D eigenvalue weighted by Gasteiger charge is 2.17. The lowest BCUT2D eigenvalue weighted by Gasteiger charge is -2.12. The van der Waals surface area contributed by atoms with E-state index in [1.54, 1.807) is 18.2 Å². The number of rotatable bonds is 7. The van der Waals surface area contributed by atoms with Crippen LogP contribution >= 0.6 is 0 Å². The molecule has 1 aliphatic rings. The first-order valence-corrected chi connectivity index (χ1v) is 8.16. The van der Waals surface area contributed by atoms with E-state index in [0.717, 1.165) is 12.8 Å². The molecule has 1 aromatic rings. The van der Waals surface area contributed by atoms with Crippen LogP contribution in [0.1, 0.15) is 54.9 Å². The highest BCUT2D eigenvalue weighted by molar-refractivity contribution is 5.95. The Kier molecular flexibility index (Phi) is 6.16. The Balaban J connectivity index is 1.79. The molecule has 1 amide bonds. The zero-order valence-corrected chi connectivity index (χ0v) is 13.5. The highest BCUT2D eigenvalue weighted by atomic mass is 16.1. The van der Waals surface area contributed by atoms with Crippen molar-refractivity contribution in [3.8, 4) is 6.07 Å². The van der Waals surface area contributed by atoms with Gasteiger partial charge in [0.05, 0.1) is 11.3 Å². The molecule has 23 heavy (non-hydrogen) atoms. The van der Waals surface area contributed by atoms with E-state index in [2.05, 4.69) is 16.7 Å². The normalized spacial score (nSPS) is 14.3. The van der Waals surface area contributed by atoms with E-state index in [1.165, 1.54) is 19.8 Å². The van der Waals surface area contributed by atoms with Gasteiger partial charge in [-0.3, -0.25) is 9.59 Å². The van der Waals surface area contributed by atoms with Crippen LogP contribution in [0.4, 0.5) is 5.69 Å². The minimum absolute atomic E-state index is 0.0394. The molecular weight excluding hydrogens is 290 g/mol. The number of hydrogen-bond donors (Lipinski definition) is 2. The highest BCUT2D eigenvalue weighted by Crippen LogP contribution is 2.27. The molecule has 0 bridgehead atoms. The van der Waals surface area contributed by atoms with Crippen LogP contribution in [0.25, 0.3) is 0 Å². The van der Waals surface area contributed by atoms with E-state index >= 15 is 0 Å². The predicted molar refractivity (Wildman–Crippen MR) is 89.2 cm³/mol. The summed E-state index contributed by atoms with van der Waals surface area (Å²) in [6.45, 7) is 2.52. The van der Waals surface area contributed by atoms with E-state index < -0.39 is 0 Å². The Labute approximate surface area is 137 Å². The number of Topliss-reactive ketones (excluding diaryl/α,β-unsaturated/α-hetero) is 1. The van der Waals surface area contributed by atoms with Crippen LogP contribution in [-0.2, 0) is 4.79 Å². The monoisotopic (exact) mass is 313 g/mol. The minimum atomic E-state index is -0.0394. The van der Waals surface area contributed by atoms with Gasteiger partial charge in [-0.05, 0) is 43.9 Å². The van der Waals surface area contributed by atoms with Crippen LogP contribution in [0.2, 0.25) is 0 Å². The molecule has 5 nitrogen and oxygen atoms in total. The van der Waals surface area contributed by atoms with Gasteiger partial charge in [0.25, 0.3) is 0 Å². The number of ketones is 1. The Hall–Kier alpha value is -2.35. The molecule has 1 aliphatic carbocycles. The third-order valence-electron chi connectivity index (χ3n) is 4.26. The number of carbonyl (C=O) groups excluding carboxylic acids is 2. The second kappa shape index (κ2) is 8.33. The third kappa shape index (κ3) is 5.10. The van der Waals surface area contributed by atoms with Crippen molar-refractivity contribution in [1.29, 1.82) is 5.26 Å². The average molecular weight is 313 g/mol. The zero-order chi connectivity index (χ0) is 16.7. The molecular formula is C18H23N3O2. The second-order valence-corrected chi connectivity index (χ2v) is 6.06. The molecule has 2 N–H and O–H groups in total. The summed E-state index contributed by atoms with van der Waals surface area (Å²) in [7, 11) is 0. The molecule has 0 saturated heterocycles. The summed E-state index contributed by atoms with van der Waals surface area (Å²) in [6, 6.07) is 7.07. The summed E-state index contributed by atoms with van der Waals surface area (Å²) < 4.78 is 0. The number of benzene rings is 1. The van der Waals surface area contributed by atoms with Crippen LogP contribution < -0.4 is 10.6 Å². The van der Waals surface area contributed by atoms with E-state index in [-0.39, 0.29) is 11.7 Å². The first-order valence-electron chi connectivity index (χ1n) is 8.16. The maximum atomic E-state index is 11.8. The van der Waals surface area contributed by atoms with E-state index in [4.69, 9.17) is 5.26 Å². The van der Waals surface area contributed by atoms with Crippen LogP contribution in [0.3, 0.4) is 0 Å². The Morgan fingerprint density at radius 3 is 2.65 bits per heavy atom. The molecule has 0 aromatic heterocycles. The molecule has 122 valence electrons. The van der Waals surface area contributed by atoms with Gasteiger partial charge in [0, 0.05) is 25.1 Å². The summed E-state index contributed by atoms with van der Waals surface area (Å²) in [4.78, 5) is 23.3. The first kappa shape index (κ1) is 17.0. The van der Waals surface area contributed by atoms with Crippen molar-refractivity contribution in [2.24, 2.45) is 5.92 Å². The van der Waals surface area contributed by atoms with Gasteiger partial charge in [0.1, 0.15) is 6.07 Å². The Bertz CT molecular complexity index is 613. The standard InChI is InChI=1S/C18H23N3O2/c1-13(22)15-6-7-16(12-19)17(11-15)20-8-9-21-18(23)10-14-4-2-3-5-14/h6-7,11,14,20H,2-5,8-10H2,1H3,(H,21,23). The summed E-state index contributed by atoms with van der Waals surface area (Å²) in [5, 5.41) is 15.1. The third-order valence-corrected chi connectivity index (χ3v) is 4.26. The molecule has 1 aromatic carbocycles. The Morgan fingerprint density at radius 2 is 2.00 bits per heavy atom. The number of hydrogen-bond acceptors (Lipinski definition) is 4. The lowest BCUT2D eigenvalue weighted by molar-refractivity contribution is -0.121. The summed E-state index contributed by atoms with van der Waals surface area (Å²) in [5.74, 6) is 0.597. The van der Waals surface area contributed by atoms with Crippen LogP contribution in [-0.4, -0.2) is 24.8 Å². The van der Waals surface area contributed by atoms with Crippen LogP contribution in [0.5, 0.6) is 0 Å². The van der Waals surface area contributed by atoms with Crippen molar-refractivity contribution in [1.82, 2.24) is 5.32 Å². The fourth-order valence-corrected chi connectivity index (χ4v) is 2.95. The van der Waals surface area contributed by atoms with E-state index in [9.17, 15) is 9.59 Å². The first-order chi connectivity index (χ1) is 11.1. The summed E-state index contributed by atoms with van der Waals surface area (Å²) in [6.07, 6.45) is 5.42. The van der Waals surface area contributed by atoms with Gasteiger partial charge in [0.15, 0.2) is 5.78 Å². The maximum Gasteiger partial charge on any atom is 0.220 e. The summed E-state index contributed by atoms with van der Waals surface area (Å²) >= 11 is 0. The summed E-state index contributed by atoms with van der Waals surface area (Å²) in [5.41, 5.74) is 1.69. The fraction of sp³-hybridized carbons (Fsp3) is 0.500. The molecule has 0 atom stereocenters. The number of amides is 1. The topological polar surface area (TPSA) is 82.0 Å². The molecule has 5 heteroatoms. The van der Waals surface area contributed by atoms with E-state index in [1.807, 2.05) is 0 Å². The molecule has 1 saturated carbocycles. The number of carbonyl (C=O) groups is 2. The quantitative estimate of drug-likeness (QED) is 0.599.